The lowest BCUT2D eigenvalue weighted by Crippen LogP contribution is -2.18. The molecule has 1 amide bonds. The quantitative estimate of drug-likeness (QED) is 0.691. The minimum atomic E-state index is -0.314. The minimum Gasteiger partial charge on any atom is -0.486 e. The Bertz CT molecular complexity index is 1050. The second-order valence-electron chi connectivity index (χ2n) is 6.87. The largest absolute Gasteiger partial charge is 0.486 e. The average Bonchev–Trinajstić information content (AvgIpc) is 2.72. The predicted molar refractivity (Wildman–Crippen MR) is 111 cm³/mol. The van der Waals surface area contributed by atoms with E-state index in [4.69, 9.17) is 9.47 Å². The molecule has 4 rings (SSSR count). The molecule has 0 fully saturated rings. The number of carbonyl (C=O) groups is 1. The third-order valence-electron chi connectivity index (χ3n) is 4.42. The van der Waals surface area contributed by atoms with Gasteiger partial charge in [-0.1, -0.05) is 29.8 Å². The van der Waals surface area contributed by atoms with Gasteiger partial charge in [-0.25, -0.2) is 9.97 Å². The molecule has 0 bridgehead atoms. The van der Waals surface area contributed by atoms with Gasteiger partial charge in [0.2, 0.25) is 5.95 Å². The first-order valence-electron chi connectivity index (χ1n) is 9.43. The maximum atomic E-state index is 12.7. The van der Waals surface area contributed by atoms with Crippen LogP contribution in [0.15, 0.2) is 48.5 Å². The molecule has 29 heavy (non-hydrogen) atoms. The van der Waals surface area contributed by atoms with E-state index in [2.05, 4.69) is 26.7 Å². The Balaban J connectivity index is 1.47. The number of nitrogens with zero attached hydrogens (tertiary/aromatic N) is 2. The van der Waals surface area contributed by atoms with Crippen LogP contribution in [0.25, 0.3) is 0 Å². The number of anilines is 2. The fourth-order valence-electron chi connectivity index (χ4n) is 3.08. The van der Waals surface area contributed by atoms with E-state index in [9.17, 15) is 4.79 Å². The van der Waals surface area contributed by atoms with Crippen molar-refractivity contribution in [1.82, 2.24) is 9.97 Å². The number of fused-ring (bicyclic) bond motifs is 1. The molecule has 2 aromatic carbocycles. The summed E-state index contributed by atoms with van der Waals surface area (Å²) in [4.78, 5) is 21.4. The van der Waals surface area contributed by atoms with Gasteiger partial charge >= 0.3 is 0 Å². The molecule has 148 valence electrons. The minimum absolute atomic E-state index is 0.291. The fourth-order valence-corrected chi connectivity index (χ4v) is 3.08. The highest BCUT2D eigenvalue weighted by Gasteiger charge is 2.15. The van der Waals surface area contributed by atoms with Gasteiger partial charge in [0.05, 0.1) is 0 Å². The molecule has 1 aliphatic heterocycles. The molecule has 0 aliphatic carbocycles. The second kappa shape index (κ2) is 8.18. The van der Waals surface area contributed by atoms with Crippen LogP contribution < -0.4 is 20.1 Å². The molecular formula is C22H22N4O3. The molecule has 7 nitrogen and oxygen atoms in total. The van der Waals surface area contributed by atoms with Gasteiger partial charge in [0.1, 0.15) is 18.9 Å². The van der Waals surface area contributed by atoms with Gasteiger partial charge in [0.25, 0.3) is 5.91 Å². The third kappa shape index (κ3) is 4.63. The topological polar surface area (TPSA) is 85.4 Å². The van der Waals surface area contributed by atoms with Crippen LogP contribution in [0.5, 0.6) is 11.5 Å². The lowest BCUT2D eigenvalue weighted by atomic mass is 10.1. The molecular weight excluding hydrogens is 368 g/mol. The first kappa shape index (κ1) is 18.7. The SMILES string of the molecule is Cc1cccc(CNc2nc(C)cc(C(=O)Nc3ccc4c(c3)OCCO4)n2)c1. The second-order valence-corrected chi connectivity index (χ2v) is 6.87. The summed E-state index contributed by atoms with van der Waals surface area (Å²) in [6.07, 6.45) is 0. The molecule has 0 saturated carbocycles. The van der Waals surface area contributed by atoms with Crippen LogP contribution in [0.4, 0.5) is 11.6 Å². The number of rotatable bonds is 5. The number of aromatic nitrogens is 2. The Morgan fingerprint density at radius 2 is 1.83 bits per heavy atom. The van der Waals surface area contributed by atoms with Gasteiger partial charge in [-0.3, -0.25) is 4.79 Å². The van der Waals surface area contributed by atoms with E-state index in [-0.39, 0.29) is 5.91 Å². The van der Waals surface area contributed by atoms with E-state index in [1.54, 1.807) is 24.3 Å². The van der Waals surface area contributed by atoms with Crippen LogP contribution in [0, 0.1) is 13.8 Å². The normalized spacial score (nSPS) is 12.3. The Morgan fingerprint density at radius 3 is 2.66 bits per heavy atom. The standard InChI is InChI=1S/C22H22N4O3/c1-14-4-3-5-16(10-14)13-23-22-24-15(2)11-18(26-22)21(27)25-17-6-7-19-20(12-17)29-9-8-28-19/h3-7,10-12H,8-9,13H2,1-2H3,(H,25,27)(H,23,24,26). The van der Waals surface area contributed by atoms with Crippen molar-refractivity contribution in [3.05, 3.63) is 71.0 Å². The number of benzene rings is 2. The molecule has 1 aromatic heterocycles. The summed E-state index contributed by atoms with van der Waals surface area (Å²) < 4.78 is 11.1. The van der Waals surface area contributed by atoms with Crippen LogP contribution in [0.1, 0.15) is 27.3 Å². The Morgan fingerprint density at radius 1 is 1.00 bits per heavy atom. The number of carbonyl (C=O) groups excluding carboxylic acids is 1. The Kier molecular flexibility index (Phi) is 5.29. The van der Waals surface area contributed by atoms with Crippen LogP contribution >= 0.6 is 0 Å². The Labute approximate surface area is 169 Å². The van der Waals surface area contributed by atoms with Gasteiger partial charge in [0.15, 0.2) is 11.5 Å². The maximum Gasteiger partial charge on any atom is 0.274 e. The predicted octanol–water partition coefficient (Wildman–Crippen LogP) is 3.73. The van der Waals surface area contributed by atoms with E-state index >= 15 is 0 Å². The highest BCUT2D eigenvalue weighted by atomic mass is 16.6. The lowest BCUT2D eigenvalue weighted by Gasteiger charge is -2.19. The highest BCUT2D eigenvalue weighted by molar-refractivity contribution is 6.03. The number of ether oxygens (including phenoxy) is 2. The Hall–Kier alpha value is -3.61. The molecule has 0 spiro atoms. The van der Waals surface area contributed by atoms with Crippen molar-refractivity contribution in [2.75, 3.05) is 23.8 Å². The van der Waals surface area contributed by atoms with Crippen molar-refractivity contribution in [2.24, 2.45) is 0 Å². The van der Waals surface area contributed by atoms with Crippen molar-refractivity contribution in [1.29, 1.82) is 0 Å². The summed E-state index contributed by atoms with van der Waals surface area (Å²) in [6, 6.07) is 15.1. The molecule has 0 radical (unpaired) electrons. The number of hydrogen-bond acceptors (Lipinski definition) is 6. The molecule has 7 heteroatoms. The van der Waals surface area contributed by atoms with E-state index in [0.717, 1.165) is 5.56 Å². The summed E-state index contributed by atoms with van der Waals surface area (Å²) in [5.41, 5.74) is 3.93. The lowest BCUT2D eigenvalue weighted by molar-refractivity contribution is 0.102. The summed E-state index contributed by atoms with van der Waals surface area (Å²) in [6.45, 7) is 5.48. The molecule has 2 N–H and O–H groups in total. The van der Waals surface area contributed by atoms with Crippen LogP contribution in [-0.2, 0) is 6.54 Å². The van der Waals surface area contributed by atoms with E-state index in [0.29, 0.717) is 54.3 Å². The summed E-state index contributed by atoms with van der Waals surface area (Å²) in [5, 5.41) is 6.04. The summed E-state index contributed by atoms with van der Waals surface area (Å²) in [7, 11) is 0. The van der Waals surface area contributed by atoms with Crippen molar-refractivity contribution in [3.8, 4) is 11.5 Å². The zero-order valence-corrected chi connectivity index (χ0v) is 16.4. The molecule has 1 aliphatic rings. The maximum absolute atomic E-state index is 12.7. The van der Waals surface area contributed by atoms with Gasteiger partial charge in [-0.15, -0.1) is 0 Å². The number of aryl methyl sites for hydroxylation is 2. The fraction of sp³-hybridized carbons (Fsp3) is 0.227. The van der Waals surface area contributed by atoms with Gasteiger partial charge < -0.3 is 20.1 Å². The smallest absolute Gasteiger partial charge is 0.274 e. The molecule has 0 atom stereocenters. The summed E-state index contributed by atoms with van der Waals surface area (Å²) in [5.74, 6) is 1.40. The van der Waals surface area contributed by atoms with Crippen molar-refractivity contribution < 1.29 is 14.3 Å². The zero-order valence-electron chi connectivity index (χ0n) is 16.4. The molecule has 3 aromatic rings. The zero-order chi connectivity index (χ0) is 20.2. The van der Waals surface area contributed by atoms with E-state index < -0.39 is 0 Å². The number of amides is 1. The summed E-state index contributed by atoms with van der Waals surface area (Å²) >= 11 is 0. The van der Waals surface area contributed by atoms with Gasteiger partial charge in [-0.05, 0) is 37.6 Å². The van der Waals surface area contributed by atoms with Gasteiger partial charge in [0, 0.05) is 24.0 Å². The van der Waals surface area contributed by atoms with Crippen molar-refractivity contribution in [2.45, 2.75) is 20.4 Å². The average molecular weight is 390 g/mol. The van der Waals surface area contributed by atoms with Crippen LogP contribution in [-0.4, -0.2) is 29.1 Å². The van der Waals surface area contributed by atoms with Crippen LogP contribution in [0.2, 0.25) is 0 Å². The van der Waals surface area contributed by atoms with Gasteiger partial charge in [-0.2, -0.15) is 0 Å². The van der Waals surface area contributed by atoms with Crippen molar-refractivity contribution in [3.63, 3.8) is 0 Å². The monoisotopic (exact) mass is 390 g/mol. The van der Waals surface area contributed by atoms with E-state index in [1.807, 2.05) is 32.0 Å². The molecule has 0 unspecified atom stereocenters. The number of nitrogens with one attached hydrogen (secondary N) is 2. The first-order valence-corrected chi connectivity index (χ1v) is 9.43. The first-order chi connectivity index (χ1) is 14.1. The highest BCUT2D eigenvalue weighted by Crippen LogP contribution is 2.32. The number of hydrogen-bond donors (Lipinski definition) is 2. The van der Waals surface area contributed by atoms with Crippen molar-refractivity contribution >= 4 is 17.5 Å². The molecule has 2 heterocycles. The van der Waals surface area contributed by atoms with Crippen LogP contribution in [0.3, 0.4) is 0 Å². The van der Waals surface area contributed by atoms with E-state index in [1.165, 1.54) is 5.56 Å². The third-order valence-corrected chi connectivity index (χ3v) is 4.42. The molecule has 0 saturated heterocycles.